The molecule has 116 valence electrons. The lowest BCUT2D eigenvalue weighted by atomic mass is 10.2. The van der Waals surface area contributed by atoms with Crippen molar-refractivity contribution >= 4 is 28.4 Å². The van der Waals surface area contributed by atoms with Crippen LogP contribution in [0.3, 0.4) is 0 Å². The first kappa shape index (κ1) is 14.0. The molecule has 0 saturated carbocycles. The number of para-hydroxylation sites is 1. The van der Waals surface area contributed by atoms with Gasteiger partial charge in [-0.25, -0.2) is 4.98 Å². The largest absolute Gasteiger partial charge is 0.329 e. The van der Waals surface area contributed by atoms with Crippen molar-refractivity contribution < 1.29 is 0 Å². The number of fused-ring (bicyclic) bond motifs is 3. The molecule has 0 atom stereocenters. The lowest BCUT2D eigenvalue weighted by Crippen LogP contribution is -2.20. The van der Waals surface area contributed by atoms with Crippen molar-refractivity contribution in [2.24, 2.45) is 14.1 Å². The predicted molar refractivity (Wildman–Crippen MR) is 88.5 cm³/mol. The van der Waals surface area contributed by atoms with Gasteiger partial charge in [0.25, 0.3) is 5.56 Å². The van der Waals surface area contributed by atoms with Crippen LogP contribution in [0, 0.1) is 0 Å². The Labute approximate surface area is 135 Å². The summed E-state index contributed by atoms with van der Waals surface area (Å²) in [6.45, 7) is 0. The zero-order valence-electron chi connectivity index (χ0n) is 12.7. The lowest BCUT2D eigenvalue weighted by Gasteiger charge is -2.07. The van der Waals surface area contributed by atoms with Crippen LogP contribution in [0.1, 0.15) is 5.82 Å². The fraction of sp³-hybridized carbons (Fsp3) is 0.200. The van der Waals surface area contributed by atoms with Crippen LogP contribution >= 0.6 is 11.8 Å². The number of aryl methyl sites for hydroxylation is 2. The normalized spacial score (nSPS) is 11.6. The van der Waals surface area contributed by atoms with Crippen LogP contribution in [0.5, 0.6) is 0 Å². The SMILES string of the molecule is Cn1ccnc1SCc1nnc2n(C)c(=O)c3ccccc3n12. The maximum atomic E-state index is 12.4. The third-order valence-electron chi connectivity index (χ3n) is 3.80. The molecule has 7 nitrogen and oxygen atoms in total. The second-order valence-corrected chi connectivity index (χ2v) is 6.18. The molecular weight excluding hydrogens is 312 g/mol. The summed E-state index contributed by atoms with van der Waals surface area (Å²) in [7, 11) is 3.67. The summed E-state index contributed by atoms with van der Waals surface area (Å²) >= 11 is 1.59. The fourth-order valence-corrected chi connectivity index (χ4v) is 3.45. The quantitative estimate of drug-likeness (QED) is 0.535. The average Bonchev–Trinajstić information content (AvgIpc) is 3.17. The molecule has 23 heavy (non-hydrogen) atoms. The zero-order valence-corrected chi connectivity index (χ0v) is 13.5. The maximum Gasteiger partial charge on any atom is 0.262 e. The first-order valence-corrected chi connectivity index (χ1v) is 8.07. The van der Waals surface area contributed by atoms with Crippen molar-refractivity contribution in [1.82, 2.24) is 28.7 Å². The summed E-state index contributed by atoms with van der Waals surface area (Å²) < 4.78 is 5.43. The van der Waals surface area contributed by atoms with E-state index in [-0.39, 0.29) is 5.56 Å². The van der Waals surface area contributed by atoms with E-state index in [1.54, 1.807) is 25.0 Å². The highest BCUT2D eigenvalue weighted by molar-refractivity contribution is 7.98. The monoisotopic (exact) mass is 326 g/mol. The third-order valence-corrected chi connectivity index (χ3v) is 4.85. The molecule has 0 fully saturated rings. The molecule has 4 rings (SSSR count). The molecule has 0 aliphatic rings. The Hall–Kier alpha value is -2.61. The number of benzene rings is 1. The molecule has 0 radical (unpaired) electrons. The van der Waals surface area contributed by atoms with E-state index >= 15 is 0 Å². The van der Waals surface area contributed by atoms with Crippen molar-refractivity contribution in [3.8, 4) is 0 Å². The van der Waals surface area contributed by atoms with E-state index in [4.69, 9.17) is 0 Å². The van der Waals surface area contributed by atoms with Gasteiger partial charge in [0.15, 0.2) is 5.16 Å². The molecule has 0 aliphatic carbocycles. The number of aromatic nitrogens is 6. The van der Waals surface area contributed by atoms with Crippen LogP contribution in [0.25, 0.3) is 16.7 Å². The van der Waals surface area contributed by atoms with Gasteiger partial charge in [-0.05, 0) is 12.1 Å². The summed E-state index contributed by atoms with van der Waals surface area (Å²) in [4.78, 5) is 16.7. The fourth-order valence-electron chi connectivity index (χ4n) is 2.61. The van der Waals surface area contributed by atoms with E-state index in [2.05, 4.69) is 15.2 Å². The van der Waals surface area contributed by atoms with Gasteiger partial charge in [-0.15, -0.1) is 10.2 Å². The van der Waals surface area contributed by atoms with E-state index in [1.807, 2.05) is 46.5 Å². The van der Waals surface area contributed by atoms with Crippen molar-refractivity contribution in [3.05, 3.63) is 52.8 Å². The molecule has 0 bridgehead atoms. The van der Waals surface area contributed by atoms with Crippen LogP contribution in [0.15, 0.2) is 46.6 Å². The summed E-state index contributed by atoms with van der Waals surface area (Å²) in [5.74, 6) is 1.96. The van der Waals surface area contributed by atoms with Crippen molar-refractivity contribution in [2.45, 2.75) is 10.9 Å². The summed E-state index contributed by atoms with van der Waals surface area (Å²) in [6, 6.07) is 7.52. The second kappa shape index (κ2) is 5.24. The van der Waals surface area contributed by atoms with E-state index in [9.17, 15) is 4.79 Å². The first-order valence-electron chi connectivity index (χ1n) is 7.08. The van der Waals surface area contributed by atoms with Gasteiger partial charge in [0.05, 0.1) is 16.7 Å². The van der Waals surface area contributed by atoms with Gasteiger partial charge in [-0.2, -0.15) is 0 Å². The van der Waals surface area contributed by atoms with Gasteiger partial charge in [-0.1, -0.05) is 23.9 Å². The number of hydrogen-bond donors (Lipinski definition) is 0. The van der Waals surface area contributed by atoms with E-state index < -0.39 is 0 Å². The molecule has 4 aromatic rings. The topological polar surface area (TPSA) is 70.0 Å². The second-order valence-electron chi connectivity index (χ2n) is 5.24. The Morgan fingerprint density at radius 1 is 1.17 bits per heavy atom. The molecule has 1 aromatic carbocycles. The van der Waals surface area contributed by atoms with Crippen LogP contribution in [-0.2, 0) is 19.8 Å². The molecule has 0 amide bonds. The number of imidazole rings is 1. The maximum absolute atomic E-state index is 12.4. The number of rotatable bonds is 3. The van der Waals surface area contributed by atoms with Crippen molar-refractivity contribution in [2.75, 3.05) is 0 Å². The van der Waals surface area contributed by atoms with Crippen molar-refractivity contribution in [3.63, 3.8) is 0 Å². The Morgan fingerprint density at radius 2 is 2.00 bits per heavy atom. The molecule has 0 aliphatic heterocycles. The first-order chi connectivity index (χ1) is 11.2. The molecule has 0 unspecified atom stereocenters. The molecule has 3 aromatic heterocycles. The zero-order chi connectivity index (χ0) is 16.0. The van der Waals surface area contributed by atoms with Gasteiger partial charge < -0.3 is 4.57 Å². The van der Waals surface area contributed by atoms with Gasteiger partial charge in [0.2, 0.25) is 5.78 Å². The molecule has 0 spiro atoms. The van der Waals surface area contributed by atoms with Gasteiger partial charge >= 0.3 is 0 Å². The minimum Gasteiger partial charge on any atom is -0.329 e. The van der Waals surface area contributed by atoms with E-state index in [0.717, 1.165) is 16.5 Å². The van der Waals surface area contributed by atoms with Crippen LogP contribution < -0.4 is 5.56 Å². The Morgan fingerprint density at radius 3 is 2.78 bits per heavy atom. The lowest BCUT2D eigenvalue weighted by molar-refractivity contribution is 0.789. The Kier molecular flexibility index (Phi) is 3.19. The third kappa shape index (κ3) is 2.14. The molecular formula is C15H14N6OS. The van der Waals surface area contributed by atoms with Gasteiger partial charge in [0.1, 0.15) is 5.82 Å². The van der Waals surface area contributed by atoms with Gasteiger partial charge in [-0.3, -0.25) is 13.8 Å². The van der Waals surface area contributed by atoms with Crippen LogP contribution in [0.2, 0.25) is 0 Å². The smallest absolute Gasteiger partial charge is 0.262 e. The van der Waals surface area contributed by atoms with Gasteiger partial charge in [0, 0.05) is 26.5 Å². The standard InChI is InChI=1S/C15H14N6OS/c1-19-8-7-16-15(19)23-9-12-17-18-14-20(2)13(22)10-5-3-4-6-11(10)21(12)14/h3-8H,9H2,1-2H3. The highest BCUT2D eigenvalue weighted by Crippen LogP contribution is 2.21. The van der Waals surface area contributed by atoms with E-state index in [0.29, 0.717) is 16.9 Å². The van der Waals surface area contributed by atoms with E-state index in [1.165, 1.54) is 4.57 Å². The molecule has 3 heterocycles. The van der Waals surface area contributed by atoms with Crippen molar-refractivity contribution in [1.29, 1.82) is 0 Å². The highest BCUT2D eigenvalue weighted by atomic mass is 32.2. The molecule has 8 heteroatoms. The number of thioether (sulfide) groups is 1. The highest BCUT2D eigenvalue weighted by Gasteiger charge is 2.15. The number of nitrogens with zero attached hydrogens (tertiary/aromatic N) is 6. The summed E-state index contributed by atoms with van der Waals surface area (Å²) in [5.41, 5.74) is 0.759. The Balaban J connectivity index is 1.88. The minimum absolute atomic E-state index is 0.0659. The average molecular weight is 326 g/mol. The Bertz CT molecular complexity index is 1080. The van der Waals surface area contributed by atoms with Crippen LogP contribution in [0.4, 0.5) is 0 Å². The number of hydrogen-bond acceptors (Lipinski definition) is 5. The predicted octanol–water partition coefficient (Wildman–Crippen LogP) is 1.61. The molecule has 0 N–H and O–H groups in total. The summed E-state index contributed by atoms with van der Waals surface area (Å²) in [6.07, 6.45) is 3.67. The minimum atomic E-state index is -0.0659. The van der Waals surface area contributed by atoms with Crippen LogP contribution in [-0.4, -0.2) is 28.7 Å². The summed E-state index contributed by atoms with van der Waals surface area (Å²) in [5, 5.41) is 10.0. The molecule has 0 saturated heterocycles.